The van der Waals surface area contributed by atoms with Gasteiger partial charge in [0.05, 0.1) is 11.2 Å². The standard InChI is InChI=1S/C17H24BNO3/c1-16(2)17(3,4)22-18(21-16)14-9-7-8-13(12-14)15(20)19-10-5-6-11-19/h7-9,12H,5-6,10-11H2,1-4H3. The summed E-state index contributed by atoms with van der Waals surface area (Å²) in [4.78, 5) is 14.4. The zero-order valence-corrected chi connectivity index (χ0v) is 13.9. The highest BCUT2D eigenvalue weighted by molar-refractivity contribution is 6.62. The summed E-state index contributed by atoms with van der Waals surface area (Å²) in [5.74, 6) is 0.107. The van der Waals surface area contributed by atoms with Crippen LogP contribution in [0.3, 0.4) is 0 Å². The van der Waals surface area contributed by atoms with Crippen molar-refractivity contribution in [2.45, 2.75) is 51.7 Å². The first-order valence-electron chi connectivity index (χ1n) is 8.05. The highest BCUT2D eigenvalue weighted by Crippen LogP contribution is 2.36. The fourth-order valence-electron chi connectivity index (χ4n) is 2.90. The molecule has 2 fully saturated rings. The Balaban J connectivity index is 1.82. The fourth-order valence-corrected chi connectivity index (χ4v) is 2.90. The molecule has 22 heavy (non-hydrogen) atoms. The minimum Gasteiger partial charge on any atom is -0.399 e. The Hall–Kier alpha value is -1.33. The van der Waals surface area contributed by atoms with Crippen LogP contribution >= 0.6 is 0 Å². The van der Waals surface area contributed by atoms with E-state index in [1.165, 1.54) is 0 Å². The zero-order chi connectivity index (χ0) is 16.0. The molecule has 0 aliphatic carbocycles. The van der Waals surface area contributed by atoms with Crippen molar-refractivity contribution in [1.82, 2.24) is 4.90 Å². The van der Waals surface area contributed by atoms with Crippen LogP contribution in [0.2, 0.25) is 0 Å². The van der Waals surface area contributed by atoms with Crippen molar-refractivity contribution >= 4 is 18.5 Å². The Labute approximate surface area is 132 Å². The minimum atomic E-state index is -0.420. The van der Waals surface area contributed by atoms with Crippen LogP contribution in [-0.4, -0.2) is 42.2 Å². The van der Waals surface area contributed by atoms with E-state index in [1.807, 2.05) is 56.9 Å². The second-order valence-electron chi connectivity index (χ2n) is 7.21. The number of amides is 1. The van der Waals surface area contributed by atoms with E-state index in [2.05, 4.69) is 0 Å². The number of hydrogen-bond donors (Lipinski definition) is 0. The molecule has 0 spiro atoms. The Morgan fingerprint density at radius 2 is 1.68 bits per heavy atom. The number of benzene rings is 1. The highest BCUT2D eigenvalue weighted by Gasteiger charge is 2.51. The molecule has 1 amide bonds. The molecular formula is C17H24BNO3. The third-order valence-electron chi connectivity index (χ3n) is 5.05. The molecule has 1 aromatic rings. The summed E-state index contributed by atoms with van der Waals surface area (Å²) < 4.78 is 12.1. The molecule has 5 heteroatoms. The first kappa shape index (κ1) is 15.6. The predicted octanol–water partition coefficient (Wildman–Crippen LogP) is 2.22. The van der Waals surface area contributed by atoms with Gasteiger partial charge in [-0.05, 0) is 58.1 Å². The van der Waals surface area contributed by atoms with Gasteiger partial charge in [0, 0.05) is 18.7 Å². The van der Waals surface area contributed by atoms with Gasteiger partial charge in [-0.1, -0.05) is 12.1 Å². The molecular weight excluding hydrogens is 277 g/mol. The normalized spacial score (nSPS) is 23.1. The number of carbonyl (C=O) groups excluding carboxylic acids is 1. The van der Waals surface area contributed by atoms with Crippen LogP contribution in [0.1, 0.15) is 50.9 Å². The molecule has 0 aromatic heterocycles. The molecule has 1 aromatic carbocycles. The topological polar surface area (TPSA) is 38.8 Å². The van der Waals surface area contributed by atoms with Gasteiger partial charge in [0.1, 0.15) is 0 Å². The van der Waals surface area contributed by atoms with Gasteiger partial charge in [-0.2, -0.15) is 0 Å². The first-order chi connectivity index (χ1) is 10.3. The molecule has 3 rings (SSSR count). The summed E-state index contributed by atoms with van der Waals surface area (Å²) in [6.07, 6.45) is 2.20. The Morgan fingerprint density at radius 1 is 1.09 bits per heavy atom. The lowest BCUT2D eigenvalue weighted by molar-refractivity contribution is 0.00578. The van der Waals surface area contributed by atoms with Crippen molar-refractivity contribution in [3.63, 3.8) is 0 Å². The van der Waals surface area contributed by atoms with Gasteiger partial charge < -0.3 is 14.2 Å². The van der Waals surface area contributed by atoms with Gasteiger partial charge in [0.2, 0.25) is 0 Å². The molecule has 0 radical (unpaired) electrons. The number of carbonyl (C=O) groups is 1. The third-order valence-corrected chi connectivity index (χ3v) is 5.05. The van der Waals surface area contributed by atoms with Gasteiger partial charge in [-0.15, -0.1) is 0 Å². The van der Waals surface area contributed by atoms with Gasteiger partial charge in [0.25, 0.3) is 5.91 Å². The van der Waals surface area contributed by atoms with Crippen LogP contribution in [0.4, 0.5) is 0 Å². The van der Waals surface area contributed by atoms with E-state index in [0.29, 0.717) is 5.56 Å². The lowest BCUT2D eigenvalue weighted by Crippen LogP contribution is -2.41. The number of nitrogens with zero attached hydrogens (tertiary/aromatic N) is 1. The van der Waals surface area contributed by atoms with Crippen LogP contribution in [0, 0.1) is 0 Å². The van der Waals surface area contributed by atoms with Crippen molar-refractivity contribution in [2.75, 3.05) is 13.1 Å². The van der Waals surface area contributed by atoms with Crippen molar-refractivity contribution in [2.24, 2.45) is 0 Å². The summed E-state index contributed by atoms with van der Waals surface area (Å²) in [6.45, 7) is 9.86. The van der Waals surface area contributed by atoms with Crippen LogP contribution in [0.25, 0.3) is 0 Å². The van der Waals surface area contributed by atoms with E-state index in [-0.39, 0.29) is 17.1 Å². The van der Waals surface area contributed by atoms with Gasteiger partial charge in [-0.25, -0.2) is 0 Å². The molecule has 4 nitrogen and oxygen atoms in total. The second-order valence-corrected chi connectivity index (χ2v) is 7.21. The summed E-state index contributed by atoms with van der Waals surface area (Å²) >= 11 is 0. The fraction of sp³-hybridized carbons (Fsp3) is 0.588. The average Bonchev–Trinajstić information content (AvgIpc) is 3.05. The highest BCUT2D eigenvalue weighted by atomic mass is 16.7. The molecule has 0 N–H and O–H groups in total. The summed E-state index contributed by atoms with van der Waals surface area (Å²) in [5.41, 5.74) is 0.886. The first-order valence-corrected chi connectivity index (χ1v) is 8.05. The average molecular weight is 301 g/mol. The van der Waals surface area contributed by atoms with Crippen molar-refractivity contribution < 1.29 is 14.1 Å². The molecule has 2 heterocycles. The van der Waals surface area contributed by atoms with Gasteiger partial charge >= 0.3 is 7.12 Å². The molecule has 0 saturated carbocycles. The molecule has 2 saturated heterocycles. The summed E-state index contributed by atoms with van der Waals surface area (Å²) in [5, 5.41) is 0. The Bertz CT molecular complexity index is 563. The lowest BCUT2D eigenvalue weighted by atomic mass is 9.78. The molecule has 0 bridgehead atoms. The SMILES string of the molecule is CC1(C)OB(c2cccc(C(=O)N3CCCC3)c2)OC1(C)C. The Kier molecular flexibility index (Phi) is 3.81. The zero-order valence-electron chi connectivity index (χ0n) is 13.9. The van der Waals surface area contributed by atoms with E-state index < -0.39 is 7.12 Å². The van der Waals surface area contributed by atoms with Gasteiger partial charge in [-0.3, -0.25) is 4.79 Å². The molecule has 118 valence electrons. The van der Waals surface area contributed by atoms with E-state index in [0.717, 1.165) is 31.4 Å². The molecule has 0 atom stereocenters. The smallest absolute Gasteiger partial charge is 0.399 e. The van der Waals surface area contributed by atoms with Gasteiger partial charge in [0.15, 0.2) is 0 Å². The molecule has 0 unspecified atom stereocenters. The third kappa shape index (κ3) is 2.68. The Morgan fingerprint density at radius 3 is 2.27 bits per heavy atom. The van der Waals surface area contributed by atoms with Crippen molar-refractivity contribution in [1.29, 1.82) is 0 Å². The minimum absolute atomic E-state index is 0.107. The number of likely N-dealkylation sites (tertiary alicyclic amines) is 1. The van der Waals surface area contributed by atoms with E-state index in [1.54, 1.807) is 0 Å². The molecule has 2 aliphatic heterocycles. The predicted molar refractivity (Wildman–Crippen MR) is 87.3 cm³/mol. The van der Waals surface area contributed by atoms with E-state index in [4.69, 9.17) is 9.31 Å². The van der Waals surface area contributed by atoms with Crippen LogP contribution < -0.4 is 5.46 Å². The number of rotatable bonds is 2. The number of hydrogen-bond acceptors (Lipinski definition) is 3. The van der Waals surface area contributed by atoms with Crippen molar-refractivity contribution in [3.05, 3.63) is 29.8 Å². The van der Waals surface area contributed by atoms with Crippen LogP contribution in [-0.2, 0) is 9.31 Å². The van der Waals surface area contributed by atoms with Crippen LogP contribution in [0.5, 0.6) is 0 Å². The van der Waals surface area contributed by atoms with Crippen molar-refractivity contribution in [3.8, 4) is 0 Å². The summed E-state index contributed by atoms with van der Waals surface area (Å²) in [6, 6.07) is 7.64. The molecule has 2 aliphatic rings. The van der Waals surface area contributed by atoms with E-state index in [9.17, 15) is 4.79 Å². The second kappa shape index (κ2) is 5.39. The maximum absolute atomic E-state index is 12.5. The lowest BCUT2D eigenvalue weighted by Gasteiger charge is -2.32. The van der Waals surface area contributed by atoms with E-state index >= 15 is 0 Å². The quantitative estimate of drug-likeness (QED) is 0.786. The monoisotopic (exact) mass is 301 g/mol. The largest absolute Gasteiger partial charge is 0.494 e. The maximum atomic E-state index is 12.5. The maximum Gasteiger partial charge on any atom is 0.494 e. The van der Waals surface area contributed by atoms with Crippen LogP contribution in [0.15, 0.2) is 24.3 Å². The summed E-state index contributed by atoms with van der Waals surface area (Å²) in [7, 11) is -0.420.